The third-order valence-electron chi connectivity index (χ3n) is 3.14. The van der Waals surface area contributed by atoms with Crippen molar-refractivity contribution in [2.75, 3.05) is 7.11 Å². The molecule has 0 saturated heterocycles. The van der Waals surface area contributed by atoms with Crippen LogP contribution in [0.25, 0.3) is 0 Å². The number of carbonyl (C=O) groups is 2. The van der Waals surface area contributed by atoms with E-state index in [1.54, 1.807) is 26.8 Å². The number of ether oxygens (including phenoxy) is 2. The smallest absolute Gasteiger partial charge is 0.418 e. The van der Waals surface area contributed by atoms with Gasteiger partial charge in [-0.2, -0.15) is 0 Å². The molecule has 1 aromatic carbocycles. The first-order chi connectivity index (χ1) is 10.8. The lowest BCUT2D eigenvalue weighted by molar-refractivity contribution is 0.0533. The lowest BCUT2D eigenvalue weighted by atomic mass is 10.1. The molecule has 0 bridgehead atoms. The number of benzene rings is 1. The molecule has 0 atom stereocenters. The van der Waals surface area contributed by atoms with Crippen molar-refractivity contribution in [1.29, 1.82) is 0 Å². The average Bonchev–Trinajstić information content (AvgIpc) is 2.90. The van der Waals surface area contributed by atoms with Gasteiger partial charge in [-0.15, -0.1) is 0 Å². The molecule has 0 fully saturated rings. The predicted molar refractivity (Wildman–Crippen MR) is 86.7 cm³/mol. The maximum Gasteiger partial charge on any atom is 0.418 e. The van der Waals surface area contributed by atoms with E-state index in [2.05, 4.69) is 0 Å². The van der Waals surface area contributed by atoms with Crippen LogP contribution in [0.4, 0.5) is 4.79 Å². The molecule has 5 nitrogen and oxygen atoms in total. The van der Waals surface area contributed by atoms with E-state index >= 15 is 0 Å². The Bertz CT molecular complexity index is 696. The highest BCUT2D eigenvalue weighted by Crippen LogP contribution is 2.17. The van der Waals surface area contributed by atoms with E-state index in [4.69, 9.17) is 9.47 Å². The zero-order valence-corrected chi connectivity index (χ0v) is 13.8. The second-order valence-electron chi connectivity index (χ2n) is 6.22. The molecule has 0 aliphatic heterocycles. The summed E-state index contributed by atoms with van der Waals surface area (Å²) in [5.74, 6) is -0.485. The average molecular weight is 315 g/mol. The highest BCUT2D eigenvalue weighted by molar-refractivity contribution is 5.90. The van der Waals surface area contributed by atoms with Gasteiger partial charge in [0.1, 0.15) is 5.60 Å². The number of aromatic nitrogens is 1. The monoisotopic (exact) mass is 315 g/mol. The standard InChI is InChI=1S/C18H21NO4/c1-18(2,3)23-17(21)19-12-14(16(20)22-4)11-15(19)10-13-8-6-5-7-9-13/h5-9,11-12H,10H2,1-4H3. The van der Waals surface area contributed by atoms with Gasteiger partial charge in [-0.3, -0.25) is 4.57 Å². The van der Waals surface area contributed by atoms with Gasteiger partial charge < -0.3 is 9.47 Å². The van der Waals surface area contributed by atoms with Gasteiger partial charge in [-0.1, -0.05) is 30.3 Å². The van der Waals surface area contributed by atoms with Crippen LogP contribution in [0.2, 0.25) is 0 Å². The normalized spacial score (nSPS) is 11.1. The van der Waals surface area contributed by atoms with Gasteiger partial charge in [0.25, 0.3) is 0 Å². The van der Waals surface area contributed by atoms with Gasteiger partial charge in [0.15, 0.2) is 0 Å². The predicted octanol–water partition coefficient (Wildman–Crippen LogP) is 3.65. The Hall–Kier alpha value is -2.56. The molecule has 0 aliphatic carbocycles. The number of rotatable bonds is 3. The maximum absolute atomic E-state index is 12.4. The summed E-state index contributed by atoms with van der Waals surface area (Å²) in [5.41, 5.74) is 1.42. The van der Waals surface area contributed by atoms with E-state index in [0.29, 0.717) is 17.7 Å². The summed E-state index contributed by atoms with van der Waals surface area (Å²) in [7, 11) is 1.31. The summed E-state index contributed by atoms with van der Waals surface area (Å²) in [6, 6.07) is 11.4. The van der Waals surface area contributed by atoms with Crippen molar-refractivity contribution in [2.45, 2.75) is 32.8 Å². The highest BCUT2D eigenvalue weighted by atomic mass is 16.6. The Morgan fingerprint density at radius 1 is 1.13 bits per heavy atom. The fraction of sp³-hybridized carbons (Fsp3) is 0.333. The molecule has 0 N–H and O–H groups in total. The molecule has 0 saturated carbocycles. The molecule has 2 aromatic rings. The summed E-state index contributed by atoms with van der Waals surface area (Å²) in [6.45, 7) is 5.39. The van der Waals surface area contributed by atoms with Crippen LogP contribution in [0.3, 0.4) is 0 Å². The lowest BCUT2D eigenvalue weighted by Gasteiger charge is -2.20. The van der Waals surface area contributed by atoms with E-state index in [1.807, 2.05) is 30.3 Å². The van der Waals surface area contributed by atoms with E-state index < -0.39 is 17.7 Å². The summed E-state index contributed by atoms with van der Waals surface area (Å²) >= 11 is 0. The molecule has 0 unspecified atom stereocenters. The van der Waals surface area contributed by atoms with E-state index in [0.717, 1.165) is 5.56 Å². The number of carbonyl (C=O) groups excluding carboxylic acids is 2. The fourth-order valence-electron chi connectivity index (χ4n) is 2.16. The van der Waals surface area contributed by atoms with Crippen LogP contribution in [0.5, 0.6) is 0 Å². The van der Waals surface area contributed by atoms with Gasteiger partial charge >= 0.3 is 12.1 Å². The molecule has 0 amide bonds. The topological polar surface area (TPSA) is 57.5 Å². The number of esters is 1. The quantitative estimate of drug-likeness (QED) is 0.811. The first kappa shape index (κ1) is 16.8. The van der Waals surface area contributed by atoms with Crippen LogP contribution < -0.4 is 0 Å². The molecule has 122 valence electrons. The van der Waals surface area contributed by atoms with Crippen molar-refractivity contribution < 1.29 is 19.1 Å². The second-order valence-corrected chi connectivity index (χ2v) is 6.22. The first-order valence-corrected chi connectivity index (χ1v) is 7.37. The van der Waals surface area contributed by atoms with E-state index in [9.17, 15) is 9.59 Å². The minimum Gasteiger partial charge on any atom is -0.465 e. The molecule has 1 heterocycles. The fourth-order valence-corrected chi connectivity index (χ4v) is 2.16. The minimum absolute atomic E-state index is 0.323. The van der Waals surface area contributed by atoms with Gasteiger partial charge in [-0.05, 0) is 32.4 Å². The van der Waals surface area contributed by atoms with Gasteiger partial charge in [-0.25, -0.2) is 9.59 Å². The molecule has 5 heteroatoms. The van der Waals surface area contributed by atoms with Crippen LogP contribution in [0.15, 0.2) is 42.6 Å². The molecular formula is C18H21NO4. The Balaban J connectivity index is 2.36. The molecule has 2 rings (SSSR count). The van der Waals surface area contributed by atoms with E-state index in [-0.39, 0.29) is 0 Å². The second kappa shape index (κ2) is 6.69. The first-order valence-electron chi connectivity index (χ1n) is 7.37. The largest absolute Gasteiger partial charge is 0.465 e. The highest BCUT2D eigenvalue weighted by Gasteiger charge is 2.22. The third-order valence-corrected chi connectivity index (χ3v) is 3.14. The zero-order chi connectivity index (χ0) is 17.0. The van der Waals surface area contributed by atoms with Crippen molar-refractivity contribution >= 4 is 12.1 Å². The van der Waals surface area contributed by atoms with Crippen molar-refractivity contribution in [3.63, 3.8) is 0 Å². The zero-order valence-electron chi connectivity index (χ0n) is 13.8. The van der Waals surface area contributed by atoms with Crippen LogP contribution in [0.1, 0.15) is 42.4 Å². The van der Waals surface area contributed by atoms with Gasteiger partial charge in [0.05, 0.1) is 12.7 Å². The number of nitrogens with zero attached hydrogens (tertiary/aromatic N) is 1. The molecular weight excluding hydrogens is 294 g/mol. The summed E-state index contributed by atoms with van der Waals surface area (Å²) in [4.78, 5) is 24.1. The maximum atomic E-state index is 12.4. The van der Waals surface area contributed by atoms with Crippen molar-refractivity contribution in [3.05, 3.63) is 59.4 Å². The summed E-state index contributed by atoms with van der Waals surface area (Å²) in [5, 5.41) is 0. The van der Waals surface area contributed by atoms with Crippen LogP contribution in [-0.4, -0.2) is 29.3 Å². The molecule has 1 aromatic heterocycles. The van der Waals surface area contributed by atoms with E-state index in [1.165, 1.54) is 17.9 Å². The lowest BCUT2D eigenvalue weighted by Crippen LogP contribution is -2.27. The Kier molecular flexibility index (Phi) is 4.89. The van der Waals surface area contributed by atoms with Crippen molar-refractivity contribution in [2.24, 2.45) is 0 Å². The Morgan fingerprint density at radius 3 is 2.35 bits per heavy atom. The van der Waals surface area contributed by atoms with Gasteiger partial charge in [0, 0.05) is 18.3 Å². The SMILES string of the molecule is COC(=O)c1cc(Cc2ccccc2)n(C(=O)OC(C)(C)C)c1. The minimum atomic E-state index is -0.614. The number of hydrogen-bond donors (Lipinski definition) is 0. The molecule has 0 aliphatic rings. The van der Waals surface area contributed by atoms with Crippen LogP contribution in [-0.2, 0) is 15.9 Å². The summed E-state index contributed by atoms with van der Waals surface area (Å²) < 4.78 is 11.5. The third kappa shape index (κ3) is 4.45. The summed E-state index contributed by atoms with van der Waals surface area (Å²) in [6.07, 6.45) is 1.45. The molecule has 0 radical (unpaired) electrons. The van der Waals surface area contributed by atoms with Crippen LogP contribution in [0, 0.1) is 0 Å². The Morgan fingerprint density at radius 2 is 1.78 bits per heavy atom. The van der Waals surface area contributed by atoms with Gasteiger partial charge in [0.2, 0.25) is 0 Å². The molecule has 0 spiro atoms. The van der Waals surface area contributed by atoms with Crippen molar-refractivity contribution in [3.8, 4) is 0 Å². The molecule has 23 heavy (non-hydrogen) atoms. The number of hydrogen-bond acceptors (Lipinski definition) is 4. The Labute approximate surface area is 135 Å². The van der Waals surface area contributed by atoms with Crippen molar-refractivity contribution in [1.82, 2.24) is 4.57 Å². The van der Waals surface area contributed by atoms with Crippen LogP contribution >= 0.6 is 0 Å². The number of methoxy groups -OCH3 is 1.